The first-order valence-electron chi connectivity index (χ1n) is 11.7. The molecule has 0 bridgehead atoms. The zero-order chi connectivity index (χ0) is 22.6. The number of hydrogen-bond donors (Lipinski definition) is 2. The highest BCUT2D eigenvalue weighted by Gasteiger charge is 2.11. The van der Waals surface area contributed by atoms with Crippen molar-refractivity contribution in [2.45, 2.75) is 39.0 Å². The van der Waals surface area contributed by atoms with E-state index in [1.165, 1.54) is 16.7 Å². The van der Waals surface area contributed by atoms with Gasteiger partial charge in [-0.15, -0.1) is 0 Å². The summed E-state index contributed by atoms with van der Waals surface area (Å²) >= 11 is 0. The third kappa shape index (κ3) is 8.26. The lowest BCUT2D eigenvalue weighted by Gasteiger charge is -2.26. The van der Waals surface area contributed by atoms with Crippen molar-refractivity contribution >= 4 is 5.96 Å². The van der Waals surface area contributed by atoms with Crippen LogP contribution >= 0.6 is 0 Å². The van der Waals surface area contributed by atoms with E-state index in [1.54, 1.807) is 0 Å². The lowest BCUT2D eigenvalue weighted by atomic mass is 10.1. The van der Waals surface area contributed by atoms with Gasteiger partial charge >= 0.3 is 0 Å². The molecule has 1 heterocycles. The fraction of sp³-hybridized carbons (Fsp3) is 0.500. The van der Waals surface area contributed by atoms with Crippen LogP contribution in [0.25, 0.3) is 0 Å². The van der Waals surface area contributed by atoms with Crippen LogP contribution in [0.15, 0.2) is 59.6 Å². The van der Waals surface area contributed by atoms with Crippen LogP contribution in [-0.2, 0) is 24.4 Å². The van der Waals surface area contributed by atoms with E-state index in [9.17, 15) is 0 Å². The maximum Gasteiger partial charge on any atom is 0.191 e. The first-order valence-corrected chi connectivity index (χ1v) is 11.7. The molecule has 0 saturated carbocycles. The van der Waals surface area contributed by atoms with E-state index in [4.69, 9.17) is 4.74 Å². The van der Waals surface area contributed by atoms with Gasteiger partial charge in [0.1, 0.15) is 0 Å². The van der Waals surface area contributed by atoms with Crippen molar-refractivity contribution in [2.24, 2.45) is 4.99 Å². The predicted molar refractivity (Wildman–Crippen MR) is 133 cm³/mol. The number of rotatable bonds is 10. The van der Waals surface area contributed by atoms with E-state index in [2.05, 4.69) is 94.0 Å². The quantitative estimate of drug-likeness (QED) is 0.442. The molecule has 0 amide bonds. The highest BCUT2D eigenvalue weighted by atomic mass is 16.5. The average molecular weight is 438 g/mol. The molecule has 0 spiro atoms. The van der Waals surface area contributed by atoms with E-state index < -0.39 is 0 Å². The smallest absolute Gasteiger partial charge is 0.191 e. The SMILES string of the molecule is CN=C(NCCC(C)N(C)Cc1ccccc1)NCc1cccc(CN2CCOCC2)c1. The molecule has 6 heteroatoms. The molecule has 6 nitrogen and oxygen atoms in total. The molecule has 0 aliphatic carbocycles. The zero-order valence-electron chi connectivity index (χ0n) is 19.9. The topological polar surface area (TPSA) is 52.1 Å². The first kappa shape index (κ1) is 24.2. The Kier molecular flexibility index (Phi) is 10.0. The van der Waals surface area contributed by atoms with Crippen LogP contribution in [0.5, 0.6) is 0 Å². The van der Waals surface area contributed by atoms with Gasteiger partial charge in [0.25, 0.3) is 0 Å². The van der Waals surface area contributed by atoms with E-state index in [0.29, 0.717) is 6.04 Å². The van der Waals surface area contributed by atoms with Crippen LogP contribution in [0, 0.1) is 0 Å². The summed E-state index contributed by atoms with van der Waals surface area (Å²) in [5.74, 6) is 0.849. The Hall–Kier alpha value is -2.41. The Morgan fingerprint density at radius 3 is 2.50 bits per heavy atom. The Balaban J connectivity index is 1.38. The summed E-state index contributed by atoms with van der Waals surface area (Å²) in [6, 6.07) is 19.9. The lowest BCUT2D eigenvalue weighted by Crippen LogP contribution is -2.39. The van der Waals surface area contributed by atoms with Gasteiger partial charge in [-0.2, -0.15) is 0 Å². The van der Waals surface area contributed by atoms with Crippen LogP contribution in [-0.4, -0.2) is 68.7 Å². The fourth-order valence-corrected chi connectivity index (χ4v) is 3.91. The molecular weight excluding hydrogens is 398 g/mol. The number of guanidine groups is 1. The highest BCUT2D eigenvalue weighted by Crippen LogP contribution is 2.10. The predicted octanol–water partition coefficient (Wildman–Crippen LogP) is 3.09. The van der Waals surface area contributed by atoms with Crippen molar-refractivity contribution in [3.05, 3.63) is 71.3 Å². The molecule has 2 aromatic carbocycles. The van der Waals surface area contributed by atoms with Crippen molar-refractivity contribution in [1.29, 1.82) is 0 Å². The molecule has 1 aliphatic heterocycles. The number of ether oxygens (including phenoxy) is 1. The van der Waals surface area contributed by atoms with Gasteiger partial charge in [-0.25, -0.2) is 0 Å². The summed E-state index contributed by atoms with van der Waals surface area (Å²) in [4.78, 5) is 9.23. The fourth-order valence-electron chi connectivity index (χ4n) is 3.91. The summed E-state index contributed by atoms with van der Waals surface area (Å²) in [5, 5.41) is 6.91. The Labute approximate surface area is 193 Å². The van der Waals surface area contributed by atoms with Crippen LogP contribution in [0.2, 0.25) is 0 Å². The summed E-state index contributed by atoms with van der Waals surface area (Å²) in [6.07, 6.45) is 1.05. The maximum atomic E-state index is 5.45. The van der Waals surface area contributed by atoms with Crippen LogP contribution in [0.1, 0.15) is 30.0 Å². The molecule has 0 radical (unpaired) electrons. The van der Waals surface area contributed by atoms with Gasteiger partial charge in [0.05, 0.1) is 13.2 Å². The lowest BCUT2D eigenvalue weighted by molar-refractivity contribution is 0.0342. The molecule has 0 aromatic heterocycles. The molecule has 1 aliphatic rings. The van der Waals surface area contributed by atoms with E-state index >= 15 is 0 Å². The highest BCUT2D eigenvalue weighted by molar-refractivity contribution is 5.79. The standard InChI is InChI=1S/C26H39N5O/c1-22(30(3)20-23-8-5-4-6-9-23)12-13-28-26(27-2)29-19-24-10-7-11-25(18-24)21-31-14-16-32-17-15-31/h4-11,18,22H,12-17,19-21H2,1-3H3,(H2,27,28,29). The number of benzene rings is 2. The molecule has 1 saturated heterocycles. The second-order valence-electron chi connectivity index (χ2n) is 8.60. The van der Waals surface area contributed by atoms with Gasteiger partial charge in [0.2, 0.25) is 0 Å². The molecule has 2 aromatic rings. The van der Waals surface area contributed by atoms with Gasteiger partial charge in [0, 0.05) is 52.4 Å². The molecule has 174 valence electrons. The van der Waals surface area contributed by atoms with Crippen LogP contribution < -0.4 is 10.6 Å². The minimum atomic E-state index is 0.484. The van der Waals surface area contributed by atoms with E-state index in [-0.39, 0.29) is 0 Å². The van der Waals surface area contributed by atoms with Gasteiger partial charge < -0.3 is 15.4 Å². The normalized spacial score (nSPS) is 16.2. The number of nitrogens with zero attached hydrogens (tertiary/aromatic N) is 3. The number of morpholine rings is 1. The van der Waals surface area contributed by atoms with Gasteiger partial charge in [-0.3, -0.25) is 14.8 Å². The third-order valence-electron chi connectivity index (χ3n) is 6.07. The van der Waals surface area contributed by atoms with Crippen molar-refractivity contribution in [3.63, 3.8) is 0 Å². The van der Waals surface area contributed by atoms with Crippen molar-refractivity contribution < 1.29 is 4.74 Å². The minimum Gasteiger partial charge on any atom is -0.379 e. The molecule has 1 unspecified atom stereocenters. The second kappa shape index (κ2) is 13.2. The summed E-state index contributed by atoms with van der Waals surface area (Å²) in [6.45, 7) is 9.58. The molecule has 1 atom stereocenters. The maximum absolute atomic E-state index is 5.45. The van der Waals surface area contributed by atoms with Crippen molar-refractivity contribution in [3.8, 4) is 0 Å². The van der Waals surface area contributed by atoms with Crippen molar-refractivity contribution in [1.82, 2.24) is 20.4 Å². The second-order valence-corrected chi connectivity index (χ2v) is 8.60. The summed E-state index contributed by atoms with van der Waals surface area (Å²) in [5.41, 5.74) is 3.97. The molecule has 1 fully saturated rings. The largest absolute Gasteiger partial charge is 0.379 e. The number of nitrogens with one attached hydrogen (secondary N) is 2. The zero-order valence-corrected chi connectivity index (χ0v) is 19.9. The third-order valence-corrected chi connectivity index (χ3v) is 6.07. The molecular formula is C26H39N5O. The molecule has 32 heavy (non-hydrogen) atoms. The number of aliphatic imine (C=N–C) groups is 1. The minimum absolute atomic E-state index is 0.484. The van der Waals surface area contributed by atoms with E-state index in [1.807, 2.05) is 7.05 Å². The monoisotopic (exact) mass is 437 g/mol. The first-order chi connectivity index (χ1) is 15.6. The summed E-state index contributed by atoms with van der Waals surface area (Å²) in [7, 11) is 4.02. The van der Waals surface area contributed by atoms with Crippen molar-refractivity contribution in [2.75, 3.05) is 46.9 Å². The molecule has 2 N–H and O–H groups in total. The van der Waals surface area contributed by atoms with Crippen LogP contribution in [0.4, 0.5) is 0 Å². The number of hydrogen-bond acceptors (Lipinski definition) is 4. The van der Waals surface area contributed by atoms with Gasteiger partial charge in [-0.05, 0) is 37.1 Å². The van der Waals surface area contributed by atoms with Crippen LogP contribution in [0.3, 0.4) is 0 Å². The summed E-state index contributed by atoms with van der Waals surface area (Å²) < 4.78 is 5.45. The molecule has 3 rings (SSSR count). The van der Waals surface area contributed by atoms with Gasteiger partial charge in [0.15, 0.2) is 5.96 Å². The van der Waals surface area contributed by atoms with Gasteiger partial charge in [-0.1, -0.05) is 54.6 Å². The Morgan fingerprint density at radius 2 is 1.75 bits per heavy atom. The van der Waals surface area contributed by atoms with E-state index in [0.717, 1.165) is 64.9 Å². The average Bonchev–Trinajstić information content (AvgIpc) is 2.82. The Morgan fingerprint density at radius 1 is 1.03 bits per heavy atom. The Bertz CT molecular complexity index is 820.